The first kappa shape index (κ1) is 27.6. The second-order valence-corrected chi connectivity index (χ2v) is 11.1. The monoisotopic (exact) mass is 525 g/mol. The lowest BCUT2D eigenvalue weighted by atomic mass is 10.1. The normalized spacial score (nSPS) is 21.6. The minimum Gasteiger partial charge on any atom is -0.465 e. The van der Waals surface area contributed by atoms with Crippen LogP contribution in [0.5, 0.6) is 0 Å². The summed E-state index contributed by atoms with van der Waals surface area (Å²) in [5.74, 6) is -2.00. The van der Waals surface area contributed by atoms with E-state index in [1.165, 1.54) is 24.7 Å². The first-order valence-electron chi connectivity index (χ1n) is 11.6. The summed E-state index contributed by atoms with van der Waals surface area (Å²) in [5, 5.41) is 0. The standard InChI is InChI=1S/C22H32N5O8P/c1-5-6-14(3)35-20(30)13(2)9-36(31,32)34-11-22(10-33-15(4)28)7-16(22)8-27-12-24-17-18(27)25-21(23)26-19(17)29/h8,12-14H,5-7,9-11H2,1-4H3,(H,31,32)(H3,23,25,26,29)/b16-8-/t13-,14+,22+/m1/s1. The van der Waals surface area contributed by atoms with Gasteiger partial charge in [0.2, 0.25) is 5.95 Å². The Hall–Kier alpha value is -3.02. The van der Waals surface area contributed by atoms with Gasteiger partial charge in [-0.1, -0.05) is 20.3 Å². The van der Waals surface area contributed by atoms with Crippen molar-refractivity contribution < 1.29 is 33.0 Å². The maximum atomic E-state index is 12.7. The molecule has 2 aromatic rings. The van der Waals surface area contributed by atoms with Crippen LogP contribution in [0.2, 0.25) is 0 Å². The number of nitrogens with one attached hydrogen (secondary N) is 1. The van der Waals surface area contributed by atoms with Gasteiger partial charge in [0.15, 0.2) is 11.2 Å². The zero-order chi connectivity index (χ0) is 26.7. The van der Waals surface area contributed by atoms with Crippen molar-refractivity contribution in [3.8, 4) is 0 Å². The van der Waals surface area contributed by atoms with Gasteiger partial charge in [-0.05, 0) is 25.3 Å². The number of ether oxygens (including phenoxy) is 2. The molecule has 198 valence electrons. The number of rotatable bonds is 12. The summed E-state index contributed by atoms with van der Waals surface area (Å²) in [6.07, 6.45) is 4.28. The van der Waals surface area contributed by atoms with Crippen LogP contribution in [0.3, 0.4) is 0 Å². The van der Waals surface area contributed by atoms with E-state index < -0.39 is 42.6 Å². The van der Waals surface area contributed by atoms with Gasteiger partial charge < -0.3 is 24.6 Å². The van der Waals surface area contributed by atoms with E-state index in [0.29, 0.717) is 12.8 Å². The van der Waals surface area contributed by atoms with Crippen LogP contribution >= 0.6 is 7.60 Å². The summed E-state index contributed by atoms with van der Waals surface area (Å²) in [5.41, 5.74) is 5.34. The quantitative estimate of drug-likeness (QED) is 0.272. The number of H-pyrrole nitrogens is 1. The number of nitrogens with zero attached hydrogens (tertiary/aromatic N) is 3. The SMILES string of the molecule is CCC[C@H](C)OC(=O)[C@H](C)CP(=O)(O)OC[C@@]1(COC(C)=O)C/C1=C/n1cnc2c(=O)[nH]c(N)nc21. The molecule has 4 N–H and O–H groups in total. The van der Waals surface area contributed by atoms with Crippen LogP contribution in [0, 0.1) is 11.3 Å². The molecule has 0 aromatic carbocycles. The average molecular weight is 525 g/mol. The van der Waals surface area contributed by atoms with Crippen LogP contribution in [0.25, 0.3) is 17.4 Å². The molecule has 1 aliphatic carbocycles. The molecule has 1 fully saturated rings. The molecule has 0 spiro atoms. The zero-order valence-electron chi connectivity index (χ0n) is 20.7. The number of anilines is 1. The van der Waals surface area contributed by atoms with Crippen molar-refractivity contribution in [2.45, 2.75) is 53.1 Å². The molecule has 14 heteroatoms. The van der Waals surface area contributed by atoms with Gasteiger partial charge in [0, 0.05) is 13.1 Å². The van der Waals surface area contributed by atoms with Gasteiger partial charge in [-0.25, -0.2) is 4.98 Å². The second kappa shape index (κ2) is 10.9. The first-order chi connectivity index (χ1) is 16.9. The number of hydrogen-bond donors (Lipinski definition) is 3. The smallest absolute Gasteiger partial charge is 0.329 e. The van der Waals surface area contributed by atoms with Crippen molar-refractivity contribution in [1.29, 1.82) is 0 Å². The molecule has 0 saturated heterocycles. The molecule has 1 unspecified atom stereocenters. The Balaban J connectivity index is 1.72. The lowest BCUT2D eigenvalue weighted by Gasteiger charge is -2.21. The number of nitrogen functional groups attached to an aromatic ring is 1. The molecule has 2 aromatic heterocycles. The number of aromatic amines is 1. The molecule has 3 rings (SSSR count). The molecule has 1 saturated carbocycles. The van der Waals surface area contributed by atoms with E-state index in [1.807, 2.05) is 6.92 Å². The number of carbonyl (C=O) groups is 2. The van der Waals surface area contributed by atoms with Crippen molar-refractivity contribution in [3.05, 3.63) is 22.3 Å². The third kappa shape index (κ3) is 6.80. The summed E-state index contributed by atoms with van der Waals surface area (Å²) in [4.78, 5) is 56.6. The van der Waals surface area contributed by atoms with Crippen LogP contribution in [0.1, 0.15) is 47.0 Å². The molecule has 0 amide bonds. The predicted molar refractivity (Wildman–Crippen MR) is 131 cm³/mol. The van der Waals surface area contributed by atoms with Crippen molar-refractivity contribution in [1.82, 2.24) is 19.5 Å². The van der Waals surface area contributed by atoms with E-state index in [9.17, 15) is 23.8 Å². The molecule has 4 atom stereocenters. The topological polar surface area (TPSA) is 189 Å². The fourth-order valence-electron chi connectivity index (χ4n) is 3.75. The number of esters is 2. The maximum Gasteiger partial charge on any atom is 0.329 e. The highest BCUT2D eigenvalue weighted by molar-refractivity contribution is 7.52. The summed E-state index contributed by atoms with van der Waals surface area (Å²) >= 11 is 0. The molecule has 36 heavy (non-hydrogen) atoms. The van der Waals surface area contributed by atoms with Gasteiger partial charge in [0.1, 0.15) is 12.9 Å². The van der Waals surface area contributed by atoms with Gasteiger partial charge >= 0.3 is 19.5 Å². The van der Waals surface area contributed by atoms with Crippen LogP contribution < -0.4 is 11.3 Å². The fraction of sp³-hybridized carbons (Fsp3) is 0.591. The molecule has 13 nitrogen and oxygen atoms in total. The highest BCUT2D eigenvalue weighted by Crippen LogP contribution is 2.56. The van der Waals surface area contributed by atoms with Gasteiger partial charge in [-0.15, -0.1) is 0 Å². The molecule has 0 bridgehead atoms. The highest BCUT2D eigenvalue weighted by Gasteiger charge is 2.52. The average Bonchev–Trinajstić information content (AvgIpc) is 3.31. The number of imidazole rings is 1. The minimum absolute atomic E-state index is 0.0732. The molecule has 1 aliphatic rings. The second-order valence-electron chi connectivity index (χ2n) is 9.20. The first-order valence-corrected chi connectivity index (χ1v) is 13.4. The number of fused-ring (bicyclic) bond motifs is 1. The number of hydrogen-bond acceptors (Lipinski definition) is 10. The van der Waals surface area contributed by atoms with Crippen molar-refractivity contribution in [2.75, 3.05) is 25.1 Å². The fourth-order valence-corrected chi connectivity index (χ4v) is 5.15. The third-order valence-electron chi connectivity index (χ3n) is 5.84. The van der Waals surface area contributed by atoms with E-state index in [0.717, 1.165) is 12.0 Å². The van der Waals surface area contributed by atoms with Crippen LogP contribution in [0.15, 0.2) is 16.7 Å². The van der Waals surface area contributed by atoms with Crippen molar-refractivity contribution in [3.63, 3.8) is 0 Å². The molecular formula is C22H32N5O8P. The summed E-state index contributed by atoms with van der Waals surface area (Å²) < 4.78 is 30.1. The number of aromatic nitrogens is 4. The lowest BCUT2D eigenvalue weighted by molar-refractivity contribution is -0.152. The predicted octanol–water partition coefficient (Wildman–Crippen LogP) is 2.07. The Labute approximate surface area is 207 Å². The van der Waals surface area contributed by atoms with Gasteiger partial charge in [0.25, 0.3) is 5.56 Å². The number of nitrogens with two attached hydrogens (primary N) is 1. The Morgan fingerprint density at radius 2 is 2.11 bits per heavy atom. The largest absolute Gasteiger partial charge is 0.465 e. The van der Waals surface area contributed by atoms with Gasteiger partial charge in [-0.3, -0.25) is 28.5 Å². The minimum atomic E-state index is -4.18. The van der Waals surface area contributed by atoms with E-state index >= 15 is 0 Å². The van der Waals surface area contributed by atoms with E-state index in [4.69, 9.17) is 19.7 Å². The Kier molecular flexibility index (Phi) is 8.37. The summed E-state index contributed by atoms with van der Waals surface area (Å²) in [6.45, 7) is 6.20. The molecular weight excluding hydrogens is 493 g/mol. The van der Waals surface area contributed by atoms with Crippen LogP contribution in [0.4, 0.5) is 5.95 Å². The molecule has 2 heterocycles. The Morgan fingerprint density at radius 3 is 2.78 bits per heavy atom. The van der Waals surface area contributed by atoms with Crippen LogP contribution in [-0.2, 0) is 28.2 Å². The Morgan fingerprint density at radius 1 is 1.39 bits per heavy atom. The van der Waals surface area contributed by atoms with Crippen LogP contribution in [-0.4, -0.2) is 61.8 Å². The van der Waals surface area contributed by atoms with Gasteiger partial charge in [-0.2, -0.15) is 4.98 Å². The van der Waals surface area contributed by atoms with E-state index in [-0.39, 0.29) is 36.4 Å². The van der Waals surface area contributed by atoms with Gasteiger partial charge in [0.05, 0.1) is 30.2 Å². The van der Waals surface area contributed by atoms with Crippen molar-refractivity contribution in [2.24, 2.45) is 11.3 Å². The van der Waals surface area contributed by atoms with E-state index in [1.54, 1.807) is 13.1 Å². The van der Waals surface area contributed by atoms with E-state index in [2.05, 4.69) is 15.0 Å². The molecule has 0 aliphatic heterocycles. The number of carbonyl (C=O) groups excluding carboxylic acids is 2. The molecule has 0 radical (unpaired) electrons. The summed E-state index contributed by atoms with van der Waals surface area (Å²) in [7, 11) is -4.18. The highest BCUT2D eigenvalue weighted by atomic mass is 31.2. The third-order valence-corrected chi connectivity index (χ3v) is 7.39. The summed E-state index contributed by atoms with van der Waals surface area (Å²) in [6, 6.07) is 0. The maximum absolute atomic E-state index is 12.7. The zero-order valence-corrected chi connectivity index (χ0v) is 21.6. The Bertz CT molecular complexity index is 1270. The lowest BCUT2D eigenvalue weighted by Crippen LogP contribution is -2.24. The van der Waals surface area contributed by atoms with Crippen molar-refractivity contribution >= 4 is 42.8 Å².